The van der Waals surface area contributed by atoms with Crippen LogP contribution in [0.1, 0.15) is 25.3 Å². The number of rotatable bonds is 9. The molecule has 2 aromatic rings. The molecule has 8 heteroatoms. The second-order valence-electron chi connectivity index (χ2n) is 7.05. The van der Waals surface area contributed by atoms with E-state index in [0.29, 0.717) is 43.5 Å². The van der Waals surface area contributed by atoms with Crippen LogP contribution in [0.5, 0.6) is 5.75 Å². The molecule has 0 amide bonds. The number of H-pyrrole nitrogens is 1. The lowest BCUT2D eigenvalue weighted by molar-refractivity contribution is 0.0895. The molecule has 0 bridgehead atoms. The molecule has 0 radical (unpaired) electrons. The minimum atomic E-state index is -0.112. The van der Waals surface area contributed by atoms with Crippen molar-refractivity contribution in [2.45, 2.75) is 32.4 Å². The molecule has 3 rings (SSSR count). The Kier molecular flexibility index (Phi) is 7.85. The first-order chi connectivity index (χ1) is 14.1. The van der Waals surface area contributed by atoms with Crippen LogP contribution < -0.4 is 15.6 Å². The van der Waals surface area contributed by atoms with Crippen LogP contribution in [0, 0.1) is 0 Å². The van der Waals surface area contributed by atoms with Crippen molar-refractivity contribution < 1.29 is 14.2 Å². The molecular formula is C21H29N3O4S. The van der Waals surface area contributed by atoms with Gasteiger partial charge >= 0.3 is 0 Å². The maximum atomic E-state index is 12.7. The summed E-state index contributed by atoms with van der Waals surface area (Å²) in [5.74, 6) is 0.783. The number of hydrogen-bond donors (Lipinski definition) is 2. The van der Waals surface area contributed by atoms with Crippen molar-refractivity contribution in [1.29, 1.82) is 0 Å². The second kappa shape index (κ2) is 10.6. The van der Waals surface area contributed by atoms with Gasteiger partial charge in [-0.3, -0.25) is 4.79 Å². The Morgan fingerprint density at radius 2 is 2.28 bits per heavy atom. The summed E-state index contributed by atoms with van der Waals surface area (Å²) in [6.45, 7) is 5.55. The monoisotopic (exact) mass is 419 g/mol. The lowest BCUT2D eigenvalue weighted by Crippen LogP contribution is -2.44. The van der Waals surface area contributed by atoms with E-state index in [1.807, 2.05) is 36.1 Å². The predicted molar refractivity (Wildman–Crippen MR) is 118 cm³/mol. The van der Waals surface area contributed by atoms with E-state index in [1.54, 1.807) is 7.11 Å². The van der Waals surface area contributed by atoms with Gasteiger partial charge in [-0.15, -0.1) is 0 Å². The van der Waals surface area contributed by atoms with E-state index in [9.17, 15) is 4.79 Å². The Morgan fingerprint density at radius 1 is 1.41 bits per heavy atom. The SMILES string of the molecule is CCOc1ccc2[nH]c(=O)c(CN(C[C@@H]3CCCO3)C(=S)NCCOC)cc2c1. The molecule has 0 aliphatic carbocycles. The van der Waals surface area contributed by atoms with Crippen LogP contribution in [0.25, 0.3) is 10.9 Å². The van der Waals surface area contributed by atoms with Gasteiger partial charge < -0.3 is 29.4 Å². The summed E-state index contributed by atoms with van der Waals surface area (Å²) in [5, 5.41) is 4.73. The average Bonchev–Trinajstić information content (AvgIpc) is 3.22. The highest BCUT2D eigenvalue weighted by Crippen LogP contribution is 2.20. The van der Waals surface area contributed by atoms with Gasteiger partial charge in [0.25, 0.3) is 5.56 Å². The number of methoxy groups -OCH3 is 1. The zero-order valence-electron chi connectivity index (χ0n) is 17.0. The summed E-state index contributed by atoms with van der Waals surface area (Å²) in [5.41, 5.74) is 1.33. The van der Waals surface area contributed by atoms with Crippen molar-refractivity contribution in [2.24, 2.45) is 0 Å². The van der Waals surface area contributed by atoms with E-state index in [2.05, 4.69) is 10.3 Å². The Morgan fingerprint density at radius 3 is 3.00 bits per heavy atom. The van der Waals surface area contributed by atoms with E-state index in [-0.39, 0.29) is 11.7 Å². The van der Waals surface area contributed by atoms with Gasteiger partial charge in [0.05, 0.1) is 25.9 Å². The van der Waals surface area contributed by atoms with Crippen molar-refractivity contribution >= 4 is 28.2 Å². The Labute approximate surface area is 176 Å². The molecule has 1 saturated heterocycles. The van der Waals surface area contributed by atoms with Crippen LogP contribution >= 0.6 is 12.2 Å². The second-order valence-corrected chi connectivity index (χ2v) is 7.43. The molecule has 1 aliphatic heterocycles. The van der Waals surface area contributed by atoms with E-state index in [4.69, 9.17) is 26.4 Å². The zero-order chi connectivity index (χ0) is 20.6. The smallest absolute Gasteiger partial charge is 0.253 e. The first-order valence-corrected chi connectivity index (χ1v) is 10.4. The lowest BCUT2D eigenvalue weighted by atomic mass is 10.1. The van der Waals surface area contributed by atoms with Gasteiger partial charge in [0, 0.05) is 43.3 Å². The first kappa shape index (κ1) is 21.5. The molecule has 1 aliphatic rings. The predicted octanol–water partition coefficient (Wildman–Crippen LogP) is 2.43. The molecule has 1 fully saturated rings. The number of benzene rings is 1. The molecule has 0 spiro atoms. The molecule has 2 heterocycles. The number of nitrogens with zero attached hydrogens (tertiary/aromatic N) is 1. The van der Waals surface area contributed by atoms with Crippen molar-refractivity contribution in [2.75, 3.05) is 40.0 Å². The van der Waals surface area contributed by atoms with Crippen LogP contribution in [0.3, 0.4) is 0 Å². The first-order valence-electron chi connectivity index (χ1n) is 10.0. The molecule has 1 aromatic carbocycles. The number of ether oxygens (including phenoxy) is 3. The normalized spacial score (nSPS) is 16.1. The summed E-state index contributed by atoms with van der Waals surface area (Å²) >= 11 is 5.59. The van der Waals surface area contributed by atoms with Gasteiger partial charge in [0.1, 0.15) is 5.75 Å². The number of hydrogen-bond acceptors (Lipinski definition) is 5. The maximum absolute atomic E-state index is 12.7. The molecular weight excluding hydrogens is 390 g/mol. The van der Waals surface area contributed by atoms with Crippen LogP contribution in [0.4, 0.5) is 0 Å². The number of aromatic nitrogens is 1. The van der Waals surface area contributed by atoms with Gasteiger partial charge in [0.15, 0.2) is 5.11 Å². The summed E-state index contributed by atoms with van der Waals surface area (Å²) in [4.78, 5) is 17.6. The number of aromatic amines is 1. The minimum absolute atomic E-state index is 0.112. The fourth-order valence-electron chi connectivity index (χ4n) is 3.43. The fraction of sp³-hybridized carbons (Fsp3) is 0.524. The van der Waals surface area contributed by atoms with E-state index < -0.39 is 0 Å². The van der Waals surface area contributed by atoms with Gasteiger partial charge in [0.2, 0.25) is 0 Å². The number of thiocarbonyl (C=S) groups is 1. The summed E-state index contributed by atoms with van der Waals surface area (Å²) < 4.78 is 16.5. The largest absolute Gasteiger partial charge is 0.494 e. The lowest BCUT2D eigenvalue weighted by Gasteiger charge is -2.28. The summed E-state index contributed by atoms with van der Waals surface area (Å²) in [6, 6.07) is 7.58. The molecule has 1 aromatic heterocycles. The highest BCUT2D eigenvalue weighted by Gasteiger charge is 2.22. The van der Waals surface area contributed by atoms with Crippen LogP contribution in [-0.4, -0.2) is 61.1 Å². The van der Waals surface area contributed by atoms with Crippen molar-refractivity contribution in [1.82, 2.24) is 15.2 Å². The number of fused-ring (bicyclic) bond motifs is 1. The standard InChI is InChI=1S/C21H29N3O4S/c1-3-27-17-6-7-19-15(12-17)11-16(20(25)23-19)13-24(14-18-5-4-9-28-18)21(29)22-8-10-26-2/h6-7,11-12,18H,3-5,8-10,13-14H2,1-2H3,(H,22,29)(H,23,25)/t18-/m0/s1. The zero-order valence-corrected chi connectivity index (χ0v) is 17.8. The molecule has 29 heavy (non-hydrogen) atoms. The maximum Gasteiger partial charge on any atom is 0.253 e. The third-order valence-corrected chi connectivity index (χ3v) is 5.28. The fourth-order valence-corrected chi connectivity index (χ4v) is 3.68. The van der Waals surface area contributed by atoms with E-state index >= 15 is 0 Å². The van der Waals surface area contributed by atoms with Crippen LogP contribution in [-0.2, 0) is 16.0 Å². The van der Waals surface area contributed by atoms with Gasteiger partial charge in [-0.25, -0.2) is 0 Å². The van der Waals surface area contributed by atoms with Crippen LogP contribution in [0.2, 0.25) is 0 Å². The third kappa shape index (κ3) is 5.91. The van der Waals surface area contributed by atoms with E-state index in [0.717, 1.165) is 36.1 Å². The van der Waals surface area contributed by atoms with Crippen LogP contribution in [0.15, 0.2) is 29.1 Å². The van der Waals surface area contributed by atoms with E-state index in [1.165, 1.54) is 0 Å². The number of nitrogens with one attached hydrogen (secondary N) is 2. The quantitative estimate of drug-likeness (QED) is 0.478. The topological polar surface area (TPSA) is 75.8 Å². The van der Waals surface area contributed by atoms with Crippen molar-refractivity contribution in [3.8, 4) is 5.75 Å². The highest BCUT2D eigenvalue weighted by atomic mass is 32.1. The summed E-state index contributed by atoms with van der Waals surface area (Å²) in [6.07, 6.45) is 2.18. The highest BCUT2D eigenvalue weighted by molar-refractivity contribution is 7.80. The molecule has 7 nitrogen and oxygen atoms in total. The Bertz CT molecular complexity index is 880. The number of pyridine rings is 1. The molecule has 0 unspecified atom stereocenters. The average molecular weight is 420 g/mol. The van der Waals surface area contributed by atoms with Gasteiger partial charge in [-0.05, 0) is 56.2 Å². The minimum Gasteiger partial charge on any atom is -0.494 e. The third-order valence-electron chi connectivity index (χ3n) is 4.88. The van der Waals surface area contributed by atoms with Gasteiger partial charge in [-0.2, -0.15) is 0 Å². The molecule has 0 saturated carbocycles. The molecule has 1 atom stereocenters. The summed E-state index contributed by atoms with van der Waals surface area (Å²) in [7, 11) is 1.65. The Balaban J connectivity index is 1.82. The van der Waals surface area contributed by atoms with Crippen molar-refractivity contribution in [3.63, 3.8) is 0 Å². The van der Waals surface area contributed by atoms with Crippen molar-refractivity contribution in [3.05, 3.63) is 40.2 Å². The Hall–Kier alpha value is -2.16. The van der Waals surface area contributed by atoms with Gasteiger partial charge in [-0.1, -0.05) is 0 Å². The molecule has 2 N–H and O–H groups in total. The molecule has 158 valence electrons.